The topological polar surface area (TPSA) is 40.5 Å². The molecular weight excluding hydrogens is 257 g/mol. The SMILES string of the molecule is CCC1CCCCCN1Cc1cccc(C(=O)O)c1F. The number of hydrogen-bond donors (Lipinski definition) is 1. The summed E-state index contributed by atoms with van der Waals surface area (Å²) in [5, 5.41) is 8.99. The van der Waals surface area contributed by atoms with Crippen molar-refractivity contribution in [2.45, 2.75) is 51.6 Å². The third-order valence-corrected chi connectivity index (χ3v) is 4.15. The van der Waals surface area contributed by atoms with Gasteiger partial charge in [-0.1, -0.05) is 31.9 Å². The van der Waals surface area contributed by atoms with Crippen molar-refractivity contribution in [3.05, 3.63) is 35.1 Å². The molecule has 1 aliphatic rings. The standard InChI is InChI=1S/C16H22FNO2/c1-2-13-8-4-3-5-10-18(13)11-12-7-6-9-14(15(12)17)16(19)20/h6-7,9,13H,2-5,8,10-11H2,1H3,(H,19,20). The third-order valence-electron chi connectivity index (χ3n) is 4.15. The summed E-state index contributed by atoms with van der Waals surface area (Å²) in [6.45, 7) is 3.63. The van der Waals surface area contributed by atoms with Crippen LogP contribution < -0.4 is 0 Å². The quantitative estimate of drug-likeness (QED) is 0.914. The minimum atomic E-state index is -1.20. The maximum Gasteiger partial charge on any atom is 0.338 e. The normalized spacial score (nSPS) is 20.6. The van der Waals surface area contributed by atoms with E-state index >= 15 is 0 Å². The Morgan fingerprint density at radius 1 is 1.40 bits per heavy atom. The van der Waals surface area contributed by atoms with Crippen LogP contribution in [0.4, 0.5) is 4.39 Å². The van der Waals surface area contributed by atoms with E-state index in [1.54, 1.807) is 12.1 Å². The average Bonchev–Trinajstić information content (AvgIpc) is 2.65. The number of carboxylic acids is 1. The van der Waals surface area contributed by atoms with Crippen LogP contribution in [0.3, 0.4) is 0 Å². The van der Waals surface area contributed by atoms with Crippen molar-refractivity contribution in [1.29, 1.82) is 0 Å². The molecule has 1 aromatic carbocycles. The van der Waals surface area contributed by atoms with E-state index in [0.29, 0.717) is 18.2 Å². The van der Waals surface area contributed by atoms with E-state index in [-0.39, 0.29) is 5.56 Å². The molecule has 0 amide bonds. The minimum Gasteiger partial charge on any atom is -0.478 e. The average molecular weight is 279 g/mol. The Labute approximate surface area is 119 Å². The smallest absolute Gasteiger partial charge is 0.338 e. The molecule has 1 saturated heterocycles. The Hall–Kier alpha value is -1.42. The van der Waals surface area contributed by atoms with E-state index in [1.807, 2.05) is 0 Å². The number of carboxylic acid groups (broad SMARTS) is 1. The lowest BCUT2D eigenvalue weighted by molar-refractivity contribution is 0.0691. The molecule has 2 rings (SSSR count). The molecule has 0 bridgehead atoms. The van der Waals surface area contributed by atoms with E-state index in [2.05, 4.69) is 11.8 Å². The van der Waals surface area contributed by atoms with Crippen LogP contribution >= 0.6 is 0 Å². The molecular formula is C16H22FNO2. The molecule has 0 radical (unpaired) electrons. The summed E-state index contributed by atoms with van der Waals surface area (Å²) in [6, 6.07) is 5.12. The van der Waals surface area contributed by atoms with Crippen LogP contribution in [0, 0.1) is 5.82 Å². The number of aromatic carboxylic acids is 1. The maximum absolute atomic E-state index is 14.2. The first-order valence-corrected chi connectivity index (χ1v) is 7.38. The van der Waals surface area contributed by atoms with Gasteiger partial charge in [-0.05, 0) is 31.9 Å². The highest BCUT2D eigenvalue weighted by Crippen LogP contribution is 2.23. The predicted octanol–water partition coefficient (Wildman–Crippen LogP) is 3.68. The predicted molar refractivity (Wildman–Crippen MR) is 76.3 cm³/mol. The summed E-state index contributed by atoms with van der Waals surface area (Å²) in [6.07, 6.45) is 5.80. The molecule has 0 aliphatic carbocycles. The highest BCUT2D eigenvalue weighted by molar-refractivity contribution is 5.88. The van der Waals surface area contributed by atoms with Gasteiger partial charge in [0.15, 0.2) is 0 Å². The van der Waals surface area contributed by atoms with Crippen molar-refractivity contribution in [3.8, 4) is 0 Å². The molecule has 1 aliphatic heterocycles. The highest BCUT2D eigenvalue weighted by Gasteiger charge is 2.22. The van der Waals surface area contributed by atoms with Crippen LogP contribution in [0.5, 0.6) is 0 Å². The lowest BCUT2D eigenvalue weighted by Gasteiger charge is -2.29. The Kier molecular flexibility index (Phi) is 5.12. The Bertz CT molecular complexity index is 476. The van der Waals surface area contributed by atoms with Crippen molar-refractivity contribution >= 4 is 5.97 Å². The van der Waals surface area contributed by atoms with E-state index in [4.69, 9.17) is 5.11 Å². The number of halogens is 1. The number of carbonyl (C=O) groups is 1. The zero-order chi connectivity index (χ0) is 14.5. The largest absolute Gasteiger partial charge is 0.478 e. The Morgan fingerprint density at radius 2 is 2.20 bits per heavy atom. The summed E-state index contributed by atoms with van der Waals surface area (Å²) < 4.78 is 14.2. The van der Waals surface area contributed by atoms with Crippen LogP contribution in [-0.4, -0.2) is 28.6 Å². The number of benzene rings is 1. The lowest BCUT2D eigenvalue weighted by Crippen LogP contribution is -2.34. The minimum absolute atomic E-state index is 0.231. The van der Waals surface area contributed by atoms with E-state index in [0.717, 1.165) is 25.8 Å². The van der Waals surface area contributed by atoms with Crippen molar-refractivity contribution in [1.82, 2.24) is 4.90 Å². The van der Waals surface area contributed by atoms with E-state index in [1.165, 1.54) is 18.9 Å². The molecule has 0 aromatic heterocycles. The summed E-state index contributed by atoms with van der Waals surface area (Å²) >= 11 is 0. The molecule has 3 nitrogen and oxygen atoms in total. The summed E-state index contributed by atoms with van der Waals surface area (Å²) in [7, 11) is 0. The van der Waals surface area contributed by atoms with Crippen molar-refractivity contribution < 1.29 is 14.3 Å². The van der Waals surface area contributed by atoms with Gasteiger partial charge in [0, 0.05) is 18.2 Å². The van der Waals surface area contributed by atoms with Gasteiger partial charge in [0.05, 0.1) is 5.56 Å². The first-order valence-electron chi connectivity index (χ1n) is 7.38. The molecule has 1 N–H and O–H groups in total. The Morgan fingerprint density at radius 3 is 2.90 bits per heavy atom. The maximum atomic E-state index is 14.2. The van der Waals surface area contributed by atoms with E-state index in [9.17, 15) is 9.18 Å². The van der Waals surface area contributed by atoms with Gasteiger partial charge >= 0.3 is 5.97 Å². The summed E-state index contributed by atoms with van der Waals surface area (Å²) in [4.78, 5) is 13.3. The molecule has 1 unspecified atom stereocenters. The number of nitrogens with zero attached hydrogens (tertiary/aromatic N) is 1. The number of rotatable bonds is 4. The van der Waals surface area contributed by atoms with Gasteiger partial charge < -0.3 is 5.11 Å². The van der Waals surface area contributed by atoms with Crippen LogP contribution in [0.25, 0.3) is 0 Å². The fraction of sp³-hybridized carbons (Fsp3) is 0.562. The first kappa shape index (κ1) is 15.0. The molecule has 0 spiro atoms. The molecule has 1 atom stereocenters. The monoisotopic (exact) mass is 279 g/mol. The van der Waals surface area contributed by atoms with Gasteiger partial charge in [-0.3, -0.25) is 4.90 Å². The van der Waals surface area contributed by atoms with Gasteiger partial charge in [0.1, 0.15) is 5.82 Å². The highest BCUT2D eigenvalue weighted by atomic mass is 19.1. The second-order valence-corrected chi connectivity index (χ2v) is 5.47. The molecule has 1 heterocycles. The van der Waals surface area contributed by atoms with E-state index < -0.39 is 11.8 Å². The molecule has 110 valence electrons. The van der Waals surface area contributed by atoms with Crippen molar-refractivity contribution in [2.24, 2.45) is 0 Å². The van der Waals surface area contributed by atoms with Crippen LogP contribution in [-0.2, 0) is 6.54 Å². The fourth-order valence-electron chi connectivity index (χ4n) is 2.99. The molecule has 0 saturated carbocycles. The summed E-state index contributed by atoms with van der Waals surface area (Å²) in [5.41, 5.74) is 0.260. The third kappa shape index (κ3) is 3.37. The van der Waals surface area contributed by atoms with Gasteiger partial charge in [-0.25, -0.2) is 9.18 Å². The zero-order valence-electron chi connectivity index (χ0n) is 11.9. The van der Waals surface area contributed by atoms with Gasteiger partial charge in [0.25, 0.3) is 0 Å². The van der Waals surface area contributed by atoms with Crippen LogP contribution in [0.2, 0.25) is 0 Å². The van der Waals surface area contributed by atoms with Gasteiger partial charge in [-0.2, -0.15) is 0 Å². The second kappa shape index (κ2) is 6.84. The first-order chi connectivity index (χ1) is 9.63. The Balaban J connectivity index is 2.19. The molecule has 20 heavy (non-hydrogen) atoms. The summed E-state index contributed by atoms with van der Waals surface area (Å²) in [5.74, 6) is -1.79. The van der Waals surface area contributed by atoms with Crippen LogP contribution in [0.1, 0.15) is 54.9 Å². The van der Waals surface area contributed by atoms with Crippen molar-refractivity contribution in [3.63, 3.8) is 0 Å². The number of hydrogen-bond acceptors (Lipinski definition) is 2. The van der Waals surface area contributed by atoms with Crippen LogP contribution in [0.15, 0.2) is 18.2 Å². The fourth-order valence-corrected chi connectivity index (χ4v) is 2.99. The lowest BCUT2D eigenvalue weighted by atomic mass is 10.1. The van der Waals surface area contributed by atoms with Crippen molar-refractivity contribution in [2.75, 3.05) is 6.54 Å². The second-order valence-electron chi connectivity index (χ2n) is 5.47. The molecule has 4 heteroatoms. The zero-order valence-corrected chi connectivity index (χ0v) is 11.9. The molecule has 1 aromatic rings. The van der Waals surface area contributed by atoms with Gasteiger partial charge in [-0.15, -0.1) is 0 Å². The number of likely N-dealkylation sites (tertiary alicyclic amines) is 1. The van der Waals surface area contributed by atoms with Gasteiger partial charge in [0.2, 0.25) is 0 Å². The molecule has 1 fully saturated rings.